The van der Waals surface area contributed by atoms with Crippen LogP contribution in [-0.4, -0.2) is 66.8 Å². The van der Waals surface area contributed by atoms with Crippen LogP contribution in [0, 0.1) is 0 Å². The number of rotatable bonds is 3. The molecule has 0 unspecified atom stereocenters. The van der Waals surface area contributed by atoms with Crippen LogP contribution in [0.2, 0.25) is 0 Å². The molecule has 0 aliphatic carbocycles. The first-order chi connectivity index (χ1) is 10.7. The van der Waals surface area contributed by atoms with E-state index in [1.807, 2.05) is 17.2 Å². The van der Waals surface area contributed by atoms with Gasteiger partial charge in [0.15, 0.2) is 0 Å². The van der Waals surface area contributed by atoms with Crippen molar-refractivity contribution in [1.82, 2.24) is 20.1 Å². The summed E-state index contributed by atoms with van der Waals surface area (Å²) in [5, 5.41) is 2.70. The summed E-state index contributed by atoms with van der Waals surface area (Å²) in [6, 6.07) is 4.93. The van der Waals surface area contributed by atoms with Crippen LogP contribution in [-0.2, 0) is 4.74 Å². The third-order valence-corrected chi connectivity index (χ3v) is 4.86. The minimum atomic E-state index is 0.0284. The van der Waals surface area contributed by atoms with Crippen molar-refractivity contribution in [3.05, 3.63) is 30.1 Å². The molecule has 22 heavy (non-hydrogen) atoms. The first kappa shape index (κ1) is 15.2. The zero-order chi connectivity index (χ0) is 15.5. The van der Waals surface area contributed by atoms with Gasteiger partial charge in [0, 0.05) is 52.2 Å². The first-order valence-electron chi connectivity index (χ1n) is 7.89. The van der Waals surface area contributed by atoms with Crippen LogP contribution >= 0.6 is 0 Å². The lowest BCUT2D eigenvalue weighted by Gasteiger charge is -2.52. The Balaban J connectivity index is 1.64. The van der Waals surface area contributed by atoms with Gasteiger partial charge in [0.2, 0.25) is 0 Å². The van der Waals surface area contributed by atoms with Gasteiger partial charge >= 0.3 is 6.03 Å². The zero-order valence-corrected chi connectivity index (χ0v) is 13.2. The molecule has 2 aliphatic heterocycles. The molecule has 0 bridgehead atoms. The molecule has 0 saturated carbocycles. The summed E-state index contributed by atoms with van der Waals surface area (Å²) in [6.45, 7) is 2.59. The van der Waals surface area contributed by atoms with Crippen molar-refractivity contribution in [3.8, 4) is 0 Å². The van der Waals surface area contributed by atoms with Crippen molar-refractivity contribution < 1.29 is 9.53 Å². The van der Waals surface area contributed by atoms with Gasteiger partial charge in [-0.3, -0.25) is 9.88 Å². The molecule has 1 N–H and O–H groups in total. The Bertz CT molecular complexity index is 502. The number of likely N-dealkylation sites (tertiary alicyclic amines) is 2. The fourth-order valence-electron chi connectivity index (χ4n) is 3.59. The van der Waals surface area contributed by atoms with Crippen molar-refractivity contribution in [3.63, 3.8) is 0 Å². The van der Waals surface area contributed by atoms with Gasteiger partial charge in [-0.05, 0) is 24.5 Å². The van der Waals surface area contributed by atoms with E-state index in [1.54, 1.807) is 20.4 Å². The summed E-state index contributed by atoms with van der Waals surface area (Å²) in [7, 11) is 3.46. The third-order valence-electron chi connectivity index (χ3n) is 4.86. The van der Waals surface area contributed by atoms with E-state index in [2.05, 4.69) is 21.3 Å². The Kier molecular flexibility index (Phi) is 4.59. The standard InChI is InChI=1S/C16H24N4O2/c1-17-16(21)19-8-5-13(6-9-19)20-11-14(22-2)15(20)12-4-3-7-18-10-12/h3-4,7,10,13-15H,5-6,8-9,11H2,1-2H3,(H,17,21)/t14-,15-/m0/s1. The van der Waals surface area contributed by atoms with E-state index in [-0.39, 0.29) is 18.2 Å². The average molecular weight is 304 g/mol. The number of nitrogens with zero attached hydrogens (tertiary/aromatic N) is 3. The quantitative estimate of drug-likeness (QED) is 0.913. The minimum Gasteiger partial charge on any atom is -0.378 e. The van der Waals surface area contributed by atoms with E-state index >= 15 is 0 Å². The van der Waals surface area contributed by atoms with Crippen LogP contribution in [0.25, 0.3) is 0 Å². The van der Waals surface area contributed by atoms with E-state index in [9.17, 15) is 4.79 Å². The predicted octanol–water partition coefficient (Wildman–Crippen LogP) is 1.26. The Morgan fingerprint density at radius 3 is 2.77 bits per heavy atom. The number of carbonyl (C=O) groups excluding carboxylic acids is 1. The molecule has 1 aromatic rings. The van der Waals surface area contributed by atoms with Crippen molar-refractivity contribution in [2.24, 2.45) is 0 Å². The molecule has 2 aliphatic rings. The summed E-state index contributed by atoms with van der Waals surface area (Å²) < 4.78 is 5.61. The Morgan fingerprint density at radius 1 is 1.41 bits per heavy atom. The topological polar surface area (TPSA) is 57.7 Å². The first-order valence-corrected chi connectivity index (χ1v) is 7.89. The van der Waals surface area contributed by atoms with Crippen molar-refractivity contribution in [2.75, 3.05) is 33.8 Å². The lowest BCUT2D eigenvalue weighted by atomic mass is 9.88. The summed E-state index contributed by atoms with van der Waals surface area (Å²) in [4.78, 5) is 20.3. The summed E-state index contributed by atoms with van der Waals surface area (Å²) >= 11 is 0. The van der Waals surface area contributed by atoms with Gasteiger partial charge in [-0.15, -0.1) is 0 Å². The molecule has 6 heteroatoms. The second-order valence-corrected chi connectivity index (χ2v) is 5.98. The number of aromatic nitrogens is 1. The lowest BCUT2D eigenvalue weighted by Crippen LogP contribution is -2.60. The van der Waals surface area contributed by atoms with Crippen LogP contribution in [0.3, 0.4) is 0 Å². The summed E-state index contributed by atoms with van der Waals surface area (Å²) in [6.07, 6.45) is 6.00. The Labute approximate surface area is 131 Å². The number of piperidine rings is 1. The predicted molar refractivity (Wildman–Crippen MR) is 83.5 cm³/mol. The largest absolute Gasteiger partial charge is 0.378 e. The number of amides is 2. The minimum absolute atomic E-state index is 0.0284. The van der Waals surface area contributed by atoms with Crippen molar-refractivity contribution in [1.29, 1.82) is 0 Å². The van der Waals surface area contributed by atoms with Gasteiger partial charge in [0.25, 0.3) is 0 Å². The van der Waals surface area contributed by atoms with Crippen LogP contribution in [0.1, 0.15) is 24.4 Å². The number of nitrogens with one attached hydrogen (secondary N) is 1. The van der Waals surface area contributed by atoms with Crippen LogP contribution < -0.4 is 5.32 Å². The molecule has 0 spiro atoms. The molecule has 2 atom stereocenters. The molecule has 2 fully saturated rings. The Morgan fingerprint density at radius 2 is 2.18 bits per heavy atom. The number of methoxy groups -OCH3 is 1. The van der Waals surface area contributed by atoms with Crippen molar-refractivity contribution in [2.45, 2.75) is 31.0 Å². The number of pyridine rings is 1. The van der Waals surface area contributed by atoms with Crippen molar-refractivity contribution >= 4 is 6.03 Å². The zero-order valence-electron chi connectivity index (χ0n) is 13.2. The second-order valence-electron chi connectivity index (χ2n) is 5.98. The SMILES string of the molecule is CNC(=O)N1CCC(N2C[C@H](OC)[C@@H]2c2cccnc2)CC1. The number of hydrogen-bond donors (Lipinski definition) is 1. The highest BCUT2D eigenvalue weighted by atomic mass is 16.5. The maximum absolute atomic E-state index is 11.7. The average Bonchev–Trinajstić information content (AvgIpc) is 2.55. The van der Waals surface area contributed by atoms with Gasteiger partial charge in [0.05, 0.1) is 12.1 Å². The van der Waals surface area contributed by atoms with E-state index in [1.165, 1.54) is 5.56 Å². The fraction of sp³-hybridized carbons (Fsp3) is 0.625. The highest BCUT2D eigenvalue weighted by Crippen LogP contribution is 2.39. The number of hydrogen-bond acceptors (Lipinski definition) is 4. The molecule has 0 radical (unpaired) electrons. The van der Waals surface area contributed by atoms with Gasteiger partial charge in [-0.25, -0.2) is 4.79 Å². The third kappa shape index (κ3) is 2.80. The molecular weight excluding hydrogens is 280 g/mol. The molecular formula is C16H24N4O2. The molecule has 0 aromatic carbocycles. The summed E-state index contributed by atoms with van der Waals surface area (Å²) in [5.74, 6) is 0. The molecule has 1 aromatic heterocycles. The normalized spacial score (nSPS) is 26.5. The number of ether oxygens (including phenoxy) is 1. The van der Waals surface area contributed by atoms with E-state index in [0.717, 1.165) is 32.5 Å². The van der Waals surface area contributed by atoms with E-state index in [4.69, 9.17) is 4.74 Å². The molecule has 2 amide bonds. The van der Waals surface area contributed by atoms with Gasteiger partial charge < -0.3 is 15.0 Å². The fourth-order valence-corrected chi connectivity index (χ4v) is 3.59. The highest BCUT2D eigenvalue weighted by Gasteiger charge is 2.44. The van der Waals surface area contributed by atoms with Crippen LogP contribution in [0.15, 0.2) is 24.5 Å². The van der Waals surface area contributed by atoms with E-state index in [0.29, 0.717) is 6.04 Å². The Hall–Kier alpha value is -1.66. The monoisotopic (exact) mass is 304 g/mol. The maximum atomic E-state index is 11.7. The van der Waals surface area contributed by atoms with Crippen LogP contribution in [0.5, 0.6) is 0 Å². The molecule has 3 heterocycles. The highest BCUT2D eigenvalue weighted by molar-refractivity contribution is 5.73. The maximum Gasteiger partial charge on any atom is 0.317 e. The van der Waals surface area contributed by atoms with Gasteiger partial charge in [0.1, 0.15) is 0 Å². The second kappa shape index (κ2) is 6.62. The van der Waals surface area contributed by atoms with Crippen LogP contribution in [0.4, 0.5) is 4.79 Å². The van der Waals surface area contributed by atoms with E-state index < -0.39 is 0 Å². The summed E-state index contributed by atoms with van der Waals surface area (Å²) in [5.41, 5.74) is 1.22. The number of urea groups is 1. The van der Waals surface area contributed by atoms with Gasteiger partial charge in [-0.1, -0.05) is 6.07 Å². The molecule has 2 saturated heterocycles. The molecule has 3 rings (SSSR count). The smallest absolute Gasteiger partial charge is 0.317 e. The molecule has 6 nitrogen and oxygen atoms in total. The lowest BCUT2D eigenvalue weighted by molar-refractivity contribution is -0.115. The van der Waals surface area contributed by atoms with Gasteiger partial charge in [-0.2, -0.15) is 0 Å². The number of carbonyl (C=O) groups is 1. The molecule has 120 valence electrons.